The van der Waals surface area contributed by atoms with Crippen LogP contribution in [0.1, 0.15) is 78.2 Å². The lowest BCUT2D eigenvalue weighted by Crippen LogP contribution is -2.13. The van der Waals surface area contributed by atoms with Crippen LogP contribution in [-0.2, 0) is 6.42 Å². The first-order chi connectivity index (χ1) is 8.78. The molecule has 0 spiro atoms. The van der Waals surface area contributed by atoms with Gasteiger partial charge in [-0.15, -0.1) is 11.3 Å². The molecule has 0 aliphatic heterocycles. The Morgan fingerprint density at radius 2 is 2.17 bits per heavy atom. The van der Waals surface area contributed by atoms with Crippen LogP contribution in [0.2, 0.25) is 0 Å². The molecule has 2 aliphatic carbocycles. The Hall–Kier alpha value is -0.700. The van der Waals surface area contributed by atoms with Crippen LogP contribution in [0, 0.1) is 5.92 Å². The molecule has 3 rings (SSSR count). The van der Waals surface area contributed by atoms with E-state index in [4.69, 9.17) is 4.98 Å². The topological polar surface area (TPSA) is 30.0 Å². The van der Waals surface area contributed by atoms with Crippen LogP contribution in [0.3, 0.4) is 0 Å². The molecular formula is C15H21NOS. The highest BCUT2D eigenvalue weighted by Gasteiger charge is 2.28. The largest absolute Gasteiger partial charge is 0.293 e. The van der Waals surface area contributed by atoms with Crippen molar-refractivity contribution in [2.24, 2.45) is 5.92 Å². The molecule has 1 aromatic rings. The van der Waals surface area contributed by atoms with E-state index < -0.39 is 0 Å². The van der Waals surface area contributed by atoms with Gasteiger partial charge >= 0.3 is 0 Å². The first-order valence-electron chi connectivity index (χ1n) is 7.30. The molecule has 2 atom stereocenters. The highest BCUT2D eigenvalue weighted by molar-refractivity contribution is 7.14. The fourth-order valence-electron chi connectivity index (χ4n) is 3.35. The molecular weight excluding hydrogens is 242 g/mol. The summed E-state index contributed by atoms with van der Waals surface area (Å²) in [7, 11) is 0. The van der Waals surface area contributed by atoms with E-state index in [0.29, 0.717) is 11.7 Å². The first kappa shape index (κ1) is 12.3. The van der Waals surface area contributed by atoms with Gasteiger partial charge in [0.05, 0.1) is 15.6 Å². The second-order valence-electron chi connectivity index (χ2n) is 5.74. The van der Waals surface area contributed by atoms with Gasteiger partial charge in [0.25, 0.3) is 0 Å². The number of carbonyl (C=O) groups is 1. The number of hydrogen-bond acceptors (Lipinski definition) is 3. The second-order valence-corrected chi connectivity index (χ2v) is 6.77. The Morgan fingerprint density at radius 1 is 1.28 bits per heavy atom. The van der Waals surface area contributed by atoms with Gasteiger partial charge in [0.2, 0.25) is 0 Å². The Morgan fingerprint density at radius 3 is 2.94 bits per heavy atom. The summed E-state index contributed by atoms with van der Waals surface area (Å²) in [5.74, 6) is 1.84. The van der Waals surface area contributed by atoms with Gasteiger partial charge in [0, 0.05) is 12.3 Å². The highest BCUT2D eigenvalue weighted by Crippen LogP contribution is 2.40. The number of hydrogen-bond donors (Lipinski definition) is 0. The van der Waals surface area contributed by atoms with Gasteiger partial charge in [-0.1, -0.05) is 26.2 Å². The molecule has 1 fully saturated rings. The van der Waals surface area contributed by atoms with Crippen LogP contribution in [0.25, 0.3) is 0 Å². The third kappa shape index (κ3) is 2.25. The first-order valence-corrected chi connectivity index (χ1v) is 8.12. The number of thiazole rings is 1. The lowest BCUT2D eigenvalue weighted by atomic mass is 9.80. The fourth-order valence-corrected chi connectivity index (χ4v) is 4.58. The number of carbonyl (C=O) groups excluding carboxylic acids is 1. The summed E-state index contributed by atoms with van der Waals surface area (Å²) in [5, 5.41) is 1.26. The molecule has 0 aromatic carbocycles. The minimum atomic E-state index is 0.336. The number of fused-ring (bicyclic) bond motifs is 1. The van der Waals surface area contributed by atoms with Crippen LogP contribution in [0.15, 0.2) is 0 Å². The van der Waals surface area contributed by atoms with Gasteiger partial charge < -0.3 is 0 Å². The maximum Gasteiger partial charge on any atom is 0.174 e. The van der Waals surface area contributed by atoms with E-state index in [2.05, 4.69) is 6.92 Å². The molecule has 0 bridgehead atoms. The summed E-state index contributed by atoms with van der Waals surface area (Å²) < 4.78 is 0. The number of Topliss-reactive ketones (excluding diaryl/α,β-unsaturated/α-hetero) is 1. The van der Waals surface area contributed by atoms with Crippen molar-refractivity contribution in [1.29, 1.82) is 0 Å². The molecule has 2 aliphatic rings. The molecule has 0 amide bonds. The van der Waals surface area contributed by atoms with Gasteiger partial charge in [0.15, 0.2) is 5.78 Å². The van der Waals surface area contributed by atoms with Crippen molar-refractivity contribution >= 4 is 17.1 Å². The quantitative estimate of drug-likeness (QED) is 0.794. The summed E-state index contributed by atoms with van der Waals surface area (Å²) in [6.45, 7) is 2.30. The SMILES string of the molecule is CCC1CCCC(c2nc3c(s2)C(=O)CCC3)C1. The van der Waals surface area contributed by atoms with Crippen LogP contribution < -0.4 is 0 Å². The minimum absolute atomic E-state index is 0.336. The maximum atomic E-state index is 11.9. The molecule has 0 radical (unpaired) electrons. The highest BCUT2D eigenvalue weighted by atomic mass is 32.1. The van der Waals surface area contributed by atoms with Crippen molar-refractivity contribution in [3.63, 3.8) is 0 Å². The van der Waals surface area contributed by atoms with Crippen molar-refractivity contribution in [1.82, 2.24) is 4.98 Å². The number of rotatable bonds is 2. The van der Waals surface area contributed by atoms with Gasteiger partial charge in [-0.3, -0.25) is 4.79 Å². The Kier molecular flexibility index (Phi) is 3.51. The Labute approximate surface area is 113 Å². The maximum absolute atomic E-state index is 11.9. The summed E-state index contributed by atoms with van der Waals surface area (Å²) in [6, 6.07) is 0. The zero-order valence-electron chi connectivity index (χ0n) is 11.1. The molecule has 2 nitrogen and oxygen atoms in total. The van der Waals surface area contributed by atoms with E-state index in [1.165, 1.54) is 37.1 Å². The minimum Gasteiger partial charge on any atom is -0.293 e. The predicted octanol–water partition coefficient (Wildman–Crippen LogP) is 4.35. The van der Waals surface area contributed by atoms with E-state index in [1.54, 1.807) is 11.3 Å². The van der Waals surface area contributed by atoms with Crippen molar-refractivity contribution in [2.45, 2.75) is 64.2 Å². The van der Waals surface area contributed by atoms with E-state index >= 15 is 0 Å². The molecule has 98 valence electrons. The van der Waals surface area contributed by atoms with Crippen LogP contribution >= 0.6 is 11.3 Å². The molecule has 1 aromatic heterocycles. The normalized spacial score (nSPS) is 28.2. The van der Waals surface area contributed by atoms with Crippen molar-refractivity contribution in [2.75, 3.05) is 0 Å². The molecule has 0 saturated heterocycles. The molecule has 2 unspecified atom stereocenters. The van der Waals surface area contributed by atoms with Crippen molar-refractivity contribution < 1.29 is 4.79 Å². The Bertz CT molecular complexity index is 451. The number of ketones is 1. The van der Waals surface area contributed by atoms with Gasteiger partial charge in [0.1, 0.15) is 0 Å². The summed E-state index contributed by atoms with van der Waals surface area (Å²) in [6.07, 6.45) is 9.32. The standard InChI is InChI=1S/C15H21NOS/c1-2-10-5-3-6-11(9-10)15-16-12-7-4-8-13(17)14(12)18-15/h10-11H,2-9H2,1H3. The Balaban J connectivity index is 1.82. The van der Waals surface area contributed by atoms with Crippen LogP contribution in [0.5, 0.6) is 0 Å². The van der Waals surface area contributed by atoms with E-state index in [0.717, 1.165) is 35.8 Å². The van der Waals surface area contributed by atoms with Gasteiger partial charge in [-0.2, -0.15) is 0 Å². The smallest absolute Gasteiger partial charge is 0.174 e. The zero-order valence-corrected chi connectivity index (χ0v) is 11.9. The monoisotopic (exact) mass is 263 g/mol. The lowest BCUT2D eigenvalue weighted by molar-refractivity contribution is 0.0976. The van der Waals surface area contributed by atoms with Crippen LogP contribution in [0.4, 0.5) is 0 Å². The summed E-state index contributed by atoms with van der Waals surface area (Å²) in [4.78, 5) is 17.6. The van der Waals surface area contributed by atoms with Gasteiger partial charge in [-0.25, -0.2) is 4.98 Å². The summed E-state index contributed by atoms with van der Waals surface area (Å²) in [5.41, 5.74) is 1.10. The molecule has 0 N–H and O–H groups in total. The lowest BCUT2D eigenvalue weighted by Gasteiger charge is -2.26. The zero-order chi connectivity index (χ0) is 12.5. The molecule has 18 heavy (non-hydrogen) atoms. The molecule has 1 saturated carbocycles. The molecule has 1 heterocycles. The number of aryl methyl sites for hydroxylation is 1. The average Bonchev–Trinajstić information content (AvgIpc) is 2.84. The van der Waals surface area contributed by atoms with Gasteiger partial charge in [-0.05, 0) is 31.6 Å². The van der Waals surface area contributed by atoms with Crippen molar-refractivity contribution in [3.05, 3.63) is 15.6 Å². The van der Waals surface area contributed by atoms with E-state index in [-0.39, 0.29) is 0 Å². The third-order valence-electron chi connectivity index (χ3n) is 4.49. The second kappa shape index (κ2) is 5.12. The number of nitrogens with zero attached hydrogens (tertiary/aromatic N) is 1. The van der Waals surface area contributed by atoms with E-state index in [9.17, 15) is 4.79 Å². The third-order valence-corrected chi connectivity index (χ3v) is 5.80. The fraction of sp³-hybridized carbons (Fsp3) is 0.733. The van der Waals surface area contributed by atoms with Crippen LogP contribution in [-0.4, -0.2) is 10.8 Å². The molecule has 3 heteroatoms. The predicted molar refractivity (Wildman–Crippen MR) is 74.4 cm³/mol. The summed E-state index contributed by atoms with van der Waals surface area (Å²) >= 11 is 1.70. The van der Waals surface area contributed by atoms with E-state index in [1.807, 2.05) is 0 Å². The number of aromatic nitrogens is 1. The van der Waals surface area contributed by atoms with Crippen molar-refractivity contribution in [3.8, 4) is 0 Å². The average molecular weight is 263 g/mol.